The van der Waals surface area contributed by atoms with E-state index in [1.54, 1.807) is 14.2 Å². The first-order valence-electron chi connectivity index (χ1n) is 13.7. The average Bonchev–Trinajstić information content (AvgIpc) is 3.42. The minimum Gasteiger partial charge on any atom is -0.490 e. The largest absolute Gasteiger partial charge is 0.490 e. The number of carbonyl (C=O) groups is 1. The maximum absolute atomic E-state index is 8.81. The zero-order valence-corrected chi connectivity index (χ0v) is 26.3. The van der Waals surface area contributed by atoms with Crippen LogP contribution < -0.4 is 20.3 Å². The molecule has 1 fully saturated rings. The molecule has 0 aliphatic carbocycles. The topological polar surface area (TPSA) is 124 Å². The van der Waals surface area contributed by atoms with Gasteiger partial charge in [-0.1, -0.05) is 13.8 Å². The van der Waals surface area contributed by atoms with E-state index in [9.17, 15) is 0 Å². The van der Waals surface area contributed by atoms with Crippen LogP contribution in [0.5, 0.6) is 5.75 Å². The number of hydrogen-bond acceptors (Lipinski definition) is 12. The van der Waals surface area contributed by atoms with Crippen LogP contribution in [0.15, 0.2) is 40.4 Å². The number of aryl methyl sites for hydroxylation is 1. The summed E-state index contributed by atoms with van der Waals surface area (Å²) in [5.41, 5.74) is 2.02. The van der Waals surface area contributed by atoms with Crippen molar-refractivity contribution in [3.63, 3.8) is 0 Å². The molecule has 0 spiro atoms. The fraction of sp³-hybridized carbons (Fsp3) is 0.500. The maximum atomic E-state index is 8.81. The molecule has 0 radical (unpaired) electrons. The van der Waals surface area contributed by atoms with E-state index in [0.29, 0.717) is 22.5 Å². The second-order valence-corrected chi connectivity index (χ2v) is 9.79. The Morgan fingerprint density at radius 3 is 2.32 bits per heavy atom. The van der Waals surface area contributed by atoms with Crippen molar-refractivity contribution < 1.29 is 14.4 Å². The van der Waals surface area contributed by atoms with Crippen molar-refractivity contribution in [3.05, 3.63) is 36.0 Å². The third kappa shape index (κ3) is 10.5. The molecule has 3 aromatic rings. The van der Waals surface area contributed by atoms with Crippen LogP contribution in [-0.2, 0) is 9.63 Å². The standard InChI is InChI=1S/C24H35N9O2S.C2H4O.C2H6/c1-17-16-20(30-29-17)26-22-21(34-4)23(33-14-12-32(13-15-33)11-10-31(3)35-5)28-24(27-22)36-19-8-6-18(25-2)7-9-19;1-2-3;1-2/h6-9,16,25H,10-15H2,1-5H3,(H2,26,27,28,29,30);2H,1H3;1-2H3. The number of carbonyl (C=O) groups excluding carboxylic acids is 1. The molecule has 0 bridgehead atoms. The number of piperazine rings is 1. The molecule has 2 aromatic heterocycles. The second kappa shape index (κ2) is 18.1. The maximum Gasteiger partial charge on any atom is 0.204 e. The minimum absolute atomic E-state index is 0.590. The number of hydrogen-bond donors (Lipinski definition) is 3. The third-order valence-corrected chi connectivity index (χ3v) is 6.92. The van der Waals surface area contributed by atoms with Gasteiger partial charge in [-0.25, -0.2) is 9.97 Å². The van der Waals surface area contributed by atoms with Crippen LogP contribution in [0.1, 0.15) is 26.5 Å². The monoisotopic (exact) mass is 587 g/mol. The number of nitrogens with zero attached hydrogens (tertiary/aromatic N) is 6. The fourth-order valence-electron chi connectivity index (χ4n) is 3.91. The Morgan fingerprint density at radius 2 is 1.78 bits per heavy atom. The SMILES string of the molecule is CC.CC=O.CNc1ccc(Sc2nc(Nc3cc(C)[nH]n3)c(OC)c(N3CCN(CCN(C)OC)CC3)n2)cc1. The molecular formula is C28H45N9O3S. The van der Waals surface area contributed by atoms with E-state index in [2.05, 4.69) is 42.8 Å². The lowest BCUT2D eigenvalue weighted by Crippen LogP contribution is -2.48. The molecule has 1 aliphatic rings. The number of benzene rings is 1. The Bertz CT molecular complexity index is 1170. The summed E-state index contributed by atoms with van der Waals surface area (Å²) < 4.78 is 5.84. The third-order valence-electron chi connectivity index (χ3n) is 6.05. The molecule has 226 valence electrons. The van der Waals surface area contributed by atoms with E-state index in [4.69, 9.17) is 24.3 Å². The van der Waals surface area contributed by atoms with Crippen molar-refractivity contribution in [2.24, 2.45) is 0 Å². The lowest BCUT2D eigenvalue weighted by Gasteiger charge is -2.36. The molecule has 4 rings (SSSR count). The molecule has 41 heavy (non-hydrogen) atoms. The molecule has 1 aliphatic heterocycles. The lowest BCUT2D eigenvalue weighted by molar-refractivity contribution is -0.112. The molecule has 0 saturated carbocycles. The molecule has 13 heteroatoms. The van der Waals surface area contributed by atoms with Crippen LogP contribution >= 0.6 is 11.8 Å². The average molecular weight is 588 g/mol. The van der Waals surface area contributed by atoms with Gasteiger partial charge in [-0.3, -0.25) is 10.00 Å². The summed E-state index contributed by atoms with van der Waals surface area (Å²) in [4.78, 5) is 29.6. The van der Waals surface area contributed by atoms with Gasteiger partial charge in [-0.2, -0.15) is 10.2 Å². The van der Waals surface area contributed by atoms with Crippen molar-refractivity contribution in [2.45, 2.75) is 37.7 Å². The van der Waals surface area contributed by atoms with Crippen LogP contribution in [0.25, 0.3) is 0 Å². The van der Waals surface area contributed by atoms with Crippen LogP contribution in [0.4, 0.5) is 23.1 Å². The van der Waals surface area contributed by atoms with Crippen molar-refractivity contribution >= 4 is 41.2 Å². The van der Waals surface area contributed by atoms with Gasteiger partial charge in [0.1, 0.15) is 6.29 Å². The molecular weight excluding hydrogens is 542 g/mol. The number of likely N-dealkylation sites (N-methyl/N-ethyl adjacent to an activating group) is 1. The Hall–Kier alpha value is -3.39. The van der Waals surface area contributed by atoms with Crippen molar-refractivity contribution in [1.82, 2.24) is 30.1 Å². The lowest BCUT2D eigenvalue weighted by atomic mass is 10.3. The van der Waals surface area contributed by atoms with Crippen molar-refractivity contribution in [1.29, 1.82) is 0 Å². The summed E-state index contributed by atoms with van der Waals surface area (Å²) in [6.45, 7) is 12.8. The fourth-order valence-corrected chi connectivity index (χ4v) is 4.66. The number of hydroxylamine groups is 2. The number of aromatic nitrogens is 4. The van der Waals surface area contributed by atoms with Gasteiger partial charge in [0, 0.05) is 75.7 Å². The minimum atomic E-state index is 0.590. The van der Waals surface area contributed by atoms with Gasteiger partial charge in [-0.15, -0.1) is 0 Å². The normalized spacial score (nSPS) is 13.0. The quantitative estimate of drug-likeness (QED) is 0.168. The summed E-state index contributed by atoms with van der Waals surface area (Å²) >= 11 is 1.52. The molecule has 0 unspecified atom stereocenters. The number of nitrogens with one attached hydrogen (secondary N) is 3. The van der Waals surface area contributed by atoms with Crippen LogP contribution in [0.2, 0.25) is 0 Å². The Labute approximate surface area is 248 Å². The predicted octanol–water partition coefficient (Wildman–Crippen LogP) is 4.30. The zero-order chi connectivity index (χ0) is 30.2. The highest BCUT2D eigenvalue weighted by atomic mass is 32.2. The zero-order valence-electron chi connectivity index (χ0n) is 25.5. The number of rotatable bonds is 11. The number of methoxy groups -OCH3 is 1. The summed E-state index contributed by atoms with van der Waals surface area (Å²) in [5, 5.41) is 16.2. The molecule has 3 heterocycles. The summed E-state index contributed by atoms with van der Waals surface area (Å²) in [7, 11) is 7.21. The van der Waals surface area contributed by atoms with Gasteiger partial charge in [0.15, 0.2) is 22.6 Å². The molecule has 0 atom stereocenters. The number of aromatic amines is 1. The Morgan fingerprint density at radius 1 is 1.12 bits per heavy atom. The molecule has 1 saturated heterocycles. The van der Waals surface area contributed by atoms with Gasteiger partial charge < -0.3 is 29.9 Å². The first-order chi connectivity index (χ1) is 19.9. The van der Waals surface area contributed by atoms with Crippen molar-refractivity contribution in [3.8, 4) is 5.75 Å². The van der Waals surface area contributed by atoms with Gasteiger partial charge in [0.05, 0.1) is 14.2 Å². The molecule has 0 amide bonds. The number of H-pyrrole nitrogens is 1. The van der Waals surface area contributed by atoms with E-state index < -0.39 is 0 Å². The molecule has 1 aromatic carbocycles. The van der Waals surface area contributed by atoms with Crippen LogP contribution in [-0.4, -0.2) is 104 Å². The van der Waals surface area contributed by atoms with E-state index in [1.165, 1.54) is 18.7 Å². The van der Waals surface area contributed by atoms with Crippen LogP contribution in [0, 0.1) is 6.92 Å². The Balaban J connectivity index is 0.00000110. The molecule has 3 N–H and O–H groups in total. The highest BCUT2D eigenvalue weighted by molar-refractivity contribution is 7.99. The summed E-state index contributed by atoms with van der Waals surface area (Å²) in [5.74, 6) is 2.66. The summed E-state index contributed by atoms with van der Waals surface area (Å²) in [6, 6.07) is 10.1. The summed E-state index contributed by atoms with van der Waals surface area (Å²) in [6.07, 6.45) is 0.750. The smallest absolute Gasteiger partial charge is 0.204 e. The number of aldehydes is 1. The van der Waals surface area contributed by atoms with Crippen LogP contribution in [0.3, 0.4) is 0 Å². The predicted molar refractivity (Wildman–Crippen MR) is 167 cm³/mol. The Kier molecular flexibility index (Phi) is 14.9. The van der Waals surface area contributed by atoms with E-state index in [0.717, 1.165) is 67.6 Å². The van der Waals surface area contributed by atoms with E-state index in [1.807, 2.05) is 58.1 Å². The molecule has 12 nitrogen and oxygen atoms in total. The van der Waals surface area contributed by atoms with Crippen molar-refractivity contribution in [2.75, 3.05) is 83.1 Å². The van der Waals surface area contributed by atoms with E-state index >= 15 is 0 Å². The van der Waals surface area contributed by atoms with Gasteiger partial charge in [-0.05, 0) is 49.9 Å². The highest BCUT2D eigenvalue weighted by Gasteiger charge is 2.25. The van der Waals surface area contributed by atoms with Gasteiger partial charge in [0.25, 0.3) is 0 Å². The second-order valence-electron chi connectivity index (χ2n) is 8.75. The number of ether oxygens (including phenoxy) is 1. The first kappa shape index (κ1) is 33.8. The van der Waals surface area contributed by atoms with Gasteiger partial charge >= 0.3 is 0 Å². The van der Waals surface area contributed by atoms with E-state index in [-0.39, 0.29) is 0 Å². The van der Waals surface area contributed by atoms with Gasteiger partial charge in [0.2, 0.25) is 5.75 Å². The first-order valence-corrected chi connectivity index (χ1v) is 14.5. The number of anilines is 4. The highest BCUT2D eigenvalue weighted by Crippen LogP contribution is 2.38.